The highest BCUT2D eigenvalue weighted by atomic mass is 16.5. The van der Waals surface area contributed by atoms with Crippen molar-refractivity contribution in [2.75, 3.05) is 7.11 Å². The molecule has 0 saturated heterocycles. The summed E-state index contributed by atoms with van der Waals surface area (Å²) in [7, 11) is 1.76. The smallest absolute Gasteiger partial charge is 0.139 e. The van der Waals surface area contributed by atoms with Crippen molar-refractivity contribution in [3.63, 3.8) is 0 Å². The Morgan fingerprint density at radius 3 is 2.58 bits per heavy atom. The first-order chi connectivity index (χ1) is 11.5. The van der Waals surface area contributed by atoms with Crippen LogP contribution in [-0.2, 0) is 11.2 Å². The molecular formula is C22H32O2. The second-order valence-electron chi connectivity index (χ2n) is 7.85. The number of ketones is 1. The van der Waals surface area contributed by atoms with E-state index in [-0.39, 0.29) is 5.41 Å². The zero-order valence-corrected chi connectivity index (χ0v) is 15.9. The molecule has 0 spiro atoms. The normalized spacial score (nSPS) is 33.7. The summed E-state index contributed by atoms with van der Waals surface area (Å²) in [5.74, 6) is 3.55. The number of rotatable bonds is 1. The van der Waals surface area contributed by atoms with Gasteiger partial charge in [-0.05, 0) is 79.5 Å². The van der Waals surface area contributed by atoms with E-state index in [2.05, 4.69) is 26.0 Å². The molecule has 2 fully saturated rings. The molecule has 0 heterocycles. The van der Waals surface area contributed by atoms with Gasteiger partial charge in [0.2, 0.25) is 0 Å². The van der Waals surface area contributed by atoms with E-state index in [4.69, 9.17) is 4.74 Å². The Morgan fingerprint density at radius 2 is 1.88 bits per heavy atom. The molecule has 1 aromatic rings. The van der Waals surface area contributed by atoms with Crippen LogP contribution in [0, 0.1) is 24.2 Å². The molecular weight excluding hydrogens is 296 g/mol. The van der Waals surface area contributed by atoms with E-state index >= 15 is 0 Å². The van der Waals surface area contributed by atoms with Crippen LogP contribution in [0.5, 0.6) is 5.75 Å². The largest absolute Gasteiger partial charge is 0.496 e. The van der Waals surface area contributed by atoms with Crippen LogP contribution in [0.1, 0.15) is 75.5 Å². The summed E-state index contributed by atoms with van der Waals surface area (Å²) in [6.45, 7) is 8.40. The maximum Gasteiger partial charge on any atom is 0.139 e. The summed E-state index contributed by atoms with van der Waals surface area (Å²) >= 11 is 0. The third-order valence-corrected chi connectivity index (χ3v) is 6.95. The monoisotopic (exact) mass is 328 g/mol. The number of ether oxygens (including phenoxy) is 1. The first kappa shape index (κ1) is 17.5. The van der Waals surface area contributed by atoms with Gasteiger partial charge in [0, 0.05) is 11.8 Å². The van der Waals surface area contributed by atoms with E-state index in [1.54, 1.807) is 12.7 Å². The fourth-order valence-corrected chi connectivity index (χ4v) is 5.70. The summed E-state index contributed by atoms with van der Waals surface area (Å²) in [5, 5.41) is 0. The minimum atomic E-state index is -0.0137. The molecule has 4 rings (SSSR count). The van der Waals surface area contributed by atoms with Crippen LogP contribution in [-0.4, -0.2) is 12.9 Å². The van der Waals surface area contributed by atoms with Crippen molar-refractivity contribution in [2.24, 2.45) is 17.3 Å². The van der Waals surface area contributed by atoms with Crippen molar-refractivity contribution in [1.29, 1.82) is 0 Å². The number of fused-ring (bicyclic) bond motifs is 5. The third kappa shape index (κ3) is 2.50. The van der Waals surface area contributed by atoms with Gasteiger partial charge in [0.05, 0.1) is 7.11 Å². The molecule has 132 valence electrons. The van der Waals surface area contributed by atoms with E-state index in [1.807, 2.05) is 13.8 Å². The van der Waals surface area contributed by atoms with Crippen LogP contribution >= 0.6 is 0 Å². The van der Waals surface area contributed by atoms with Crippen molar-refractivity contribution in [3.8, 4) is 5.75 Å². The van der Waals surface area contributed by atoms with Gasteiger partial charge < -0.3 is 4.74 Å². The zero-order chi connectivity index (χ0) is 17.5. The Hall–Kier alpha value is -1.31. The highest BCUT2D eigenvalue weighted by molar-refractivity contribution is 5.87. The van der Waals surface area contributed by atoms with Gasteiger partial charge in [0.25, 0.3) is 0 Å². The highest BCUT2D eigenvalue weighted by Gasteiger charge is 2.54. The molecule has 3 aliphatic carbocycles. The van der Waals surface area contributed by atoms with Crippen LogP contribution in [0.2, 0.25) is 0 Å². The van der Waals surface area contributed by atoms with Gasteiger partial charge in [-0.2, -0.15) is 0 Å². The summed E-state index contributed by atoms with van der Waals surface area (Å²) in [6, 6.07) is 4.62. The summed E-state index contributed by atoms with van der Waals surface area (Å²) in [6.07, 6.45) is 6.61. The topological polar surface area (TPSA) is 26.3 Å². The van der Waals surface area contributed by atoms with E-state index in [9.17, 15) is 4.79 Å². The first-order valence-corrected chi connectivity index (χ1v) is 9.75. The Morgan fingerprint density at radius 1 is 1.12 bits per heavy atom. The van der Waals surface area contributed by atoms with Crippen molar-refractivity contribution in [3.05, 3.63) is 28.8 Å². The average Bonchev–Trinajstić information content (AvgIpc) is 2.91. The van der Waals surface area contributed by atoms with Gasteiger partial charge in [0.15, 0.2) is 0 Å². The number of carbonyl (C=O) groups excluding carboxylic acids is 1. The van der Waals surface area contributed by atoms with Gasteiger partial charge in [-0.1, -0.05) is 26.8 Å². The third-order valence-electron chi connectivity index (χ3n) is 6.95. The number of carbonyl (C=O) groups is 1. The molecule has 24 heavy (non-hydrogen) atoms. The quantitative estimate of drug-likeness (QED) is 0.684. The Bertz CT molecular complexity index is 633. The lowest BCUT2D eigenvalue weighted by atomic mass is 9.55. The molecule has 0 radical (unpaired) electrons. The molecule has 0 bridgehead atoms. The average molecular weight is 328 g/mol. The maximum absolute atomic E-state index is 12.4. The minimum absolute atomic E-state index is 0.0137. The first-order valence-electron chi connectivity index (χ1n) is 9.75. The molecule has 0 aliphatic heterocycles. The Balaban J connectivity index is 0.000000815. The molecule has 1 aromatic carbocycles. The molecule has 2 heteroatoms. The van der Waals surface area contributed by atoms with E-state index < -0.39 is 0 Å². The molecule has 2 saturated carbocycles. The number of aryl methyl sites for hydroxylation is 2. The van der Waals surface area contributed by atoms with Crippen LogP contribution in [0.3, 0.4) is 0 Å². The molecule has 3 aliphatic rings. The minimum Gasteiger partial charge on any atom is -0.496 e. The predicted octanol–water partition coefficient (Wildman–Crippen LogP) is 5.46. The maximum atomic E-state index is 12.4. The zero-order valence-electron chi connectivity index (χ0n) is 15.9. The summed E-state index contributed by atoms with van der Waals surface area (Å²) in [5.41, 5.74) is 4.27. The predicted molar refractivity (Wildman–Crippen MR) is 98.7 cm³/mol. The van der Waals surface area contributed by atoms with Crippen molar-refractivity contribution >= 4 is 5.78 Å². The second kappa shape index (κ2) is 6.54. The van der Waals surface area contributed by atoms with Crippen LogP contribution in [0.4, 0.5) is 0 Å². The van der Waals surface area contributed by atoms with Gasteiger partial charge in [-0.3, -0.25) is 4.79 Å². The molecule has 2 nitrogen and oxygen atoms in total. The number of benzene rings is 1. The lowest BCUT2D eigenvalue weighted by molar-refractivity contribution is -0.129. The van der Waals surface area contributed by atoms with Gasteiger partial charge in [-0.15, -0.1) is 0 Å². The molecule has 4 atom stereocenters. The van der Waals surface area contributed by atoms with E-state index in [0.29, 0.717) is 23.5 Å². The number of Topliss-reactive ketones (excluding diaryl/α,β-unsaturated/α-hetero) is 1. The van der Waals surface area contributed by atoms with Crippen LogP contribution in [0.25, 0.3) is 0 Å². The van der Waals surface area contributed by atoms with E-state index in [0.717, 1.165) is 31.4 Å². The highest BCUT2D eigenvalue weighted by Crippen LogP contribution is 2.59. The molecule has 0 amide bonds. The Kier molecular flexibility index (Phi) is 4.77. The number of hydrogen-bond acceptors (Lipinski definition) is 2. The van der Waals surface area contributed by atoms with Gasteiger partial charge in [0.1, 0.15) is 11.5 Å². The van der Waals surface area contributed by atoms with Crippen molar-refractivity contribution in [2.45, 2.75) is 72.1 Å². The van der Waals surface area contributed by atoms with E-state index in [1.165, 1.54) is 24.0 Å². The molecule has 4 unspecified atom stereocenters. The summed E-state index contributed by atoms with van der Waals surface area (Å²) in [4.78, 5) is 12.4. The second-order valence-corrected chi connectivity index (χ2v) is 7.85. The van der Waals surface area contributed by atoms with Crippen LogP contribution < -0.4 is 4.74 Å². The SMILES string of the molecule is CC.COc1cc2c(cc1C)C1CCC3(C)C(=O)CCC3C1CC2. The van der Waals surface area contributed by atoms with Gasteiger partial charge in [-0.25, -0.2) is 0 Å². The lowest BCUT2D eigenvalue weighted by Gasteiger charge is -2.48. The standard InChI is InChI=1S/C20H26O2.C2H6/c1-12-10-16-13(11-18(12)22-3)4-5-15-14(16)8-9-20(2)17(15)6-7-19(20)21;1-2/h10-11,14-15,17H,4-9H2,1-3H3;1-2H3. The Labute approximate surface area is 147 Å². The van der Waals surface area contributed by atoms with Crippen molar-refractivity contribution in [1.82, 2.24) is 0 Å². The lowest BCUT2D eigenvalue weighted by Crippen LogP contribution is -2.42. The fourth-order valence-electron chi connectivity index (χ4n) is 5.70. The molecule has 0 aromatic heterocycles. The van der Waals surface area contributed by atoms with Crippen LogP contribution in [0.15, 0.2) is 12.1 Å². The number of methoxy groups -OCH3 is 1. The molecule has 0 N–H and O–H groups in total. The van der Waals surface area contributed by atoms with Crippen molar-refractivity contribution < 1.29 is 9.53 Å². The number of hydrogen-bond donors (Lipinski definition) is 0. The fraction of sp³-hybridized carbons (Fsp3) is 0.682. The summed E-state index contributed by atoms with van der Waals surface area (Å²) < 4.78 is 5.50. The van der Waals surface area contributed by atoms with Gasteiger partial charge >= 0.3 is 0 Å².